The minimum atomic E-state index is -1.11. The Hall–Kier alpha value is 2.16. The summed E-state index contributed by atoms with van der Waals surface area (Å²) in [6.07, 6.45) is 0. The van der Waals surface area contributed by atoms with Gasteiger partial charge in [0.05, 0.1) is 28.2 Å². The van der Waals surface area contributed by atoms with Crippen molar-refractivity contribution < 1.29 is 22.5 Å². The van der Waals surface area contributed by atoms with Crippen LogP contribution in [-0.2, 0) is 0 Å². The number of rotatable bonds is 4. The molecule has 0 amide bonds. The average Bonchev–Trinajstić information content (AvgIpc) is 2.55. The van der Waals surface area contributed by atoms with E-state index >= 15 is 0 Å². The standard InChI is InChI=1S/C12H28N4.2C6H18NSi2.2Mg.2H/c1-13-5-7-14(2)9-11-16(4)12-10-15(3)8-6-13;2*1-8(2,3)7-9(4,5)6;;;;/h5-12H2,1-4H3;2*1-6H3;;;;/q;2*-1;2*+2;2*-1/p+4. The summed E-state index contributed by atoms with van der Waals surface area (Å²) >= 11 is 0. The number of likely N-dealkylation sites (N-methyl/N-ethyl adjacent to an activating group) is 4. The Kier molecular flexibility index (Phi) is 26.3. The van der Waals surface area contributed by atoms with Gasteiger partial charge in [0.15, 0.2) is 0 Å². The van der Waals surface area contributed by atoms with Gasteiger partial charge in [0.1, 0.15) is 52.4 Å². The van der Waals surface area contributed by atoms with E-state index in [4.69, 9.17) is 9.30 Å². The molecule has 0 atom stereocenters. The van der Waals surface area contributed by atoms with Gasteiger partial charge in [-0.2, -0.15) is 0 Å². The van der Waals surface area contributed by atoms with Crippen LogP contribution in [0.2, 0.25) is 78.6 Å². The fourth-order valence-corrected chi connectivity index (χ4v) is 20.3. The van der Waals surface area contributed by atoms with E-state index in [2.05, 4.69) is 107 Å². The SMILES string of the molecule is C[NH+]1CC[NH+](C)CC[NH+](C)CC[NH+](C)CC1.C[Si](C)(C)[N-][Si](C)(C)C.C[Si](C)(C)[N-][Si](C)(C)C.[H-].[H-].[Mg+2].[Mg+2]. The van der Waals surface area contributed by atoms with Crippen molar-refractivity contribution in [3.8, 4) is 0 Å². The molecule has 0 radical (unpaired) electrons. The molecule has 1 fully saturated rings. The van der Waals surface area contributed by atoms with Crippen molar-refractivity contribution in [2.45, 2.75) is 78.6 Å². The van der Waals surface area contributed by atoms with Crippen molar-refractivity contribution in [2.24, 2.45) is 0 Å². The van der Waals surface area contributed by atoms with E-state index in [1.807, 2.05) is 0 Å². The number of nitrogens with zero attached hydrogens (tertiary/aromatic N) is 2. The quantitative estimate of drug-likeness (QED) is 0.316. The molecule has 1 rings (SSSR count). The van der Waals surface area contributed by atoms with Crippen LogP contribution in [0.15, 0.2) is 0 Å². The van der Waals surface area contributed by atoms with E-state index in [0.29, 0.717) is 0 Å². The molecule has 1 saturated heterocycles. The van der Waals surface area contributed by atoms with Gasteiger partial charge >= 0.3 is 46.1 Å². The molecule has 0 unspecified atom stereocenters. The Labute approximate surface area is 268 Å². The monoisotopic (exact) mass is 602 g/mol. The minimum Gasteiger partial charge on any atom is -1.00 e. The molecule has 4 N–H and O–H groups in total. The summed E-state index contributed by atoms with van der Waals surface area (Å²) in [5.74, 6) is 0. The third-order valence-electron chi connectivity index (χ3n) is 5.26. The van der Waals surface area contributed by atoms with Crippen LogP contribution >= 0.6 is 0 Å². The largest absolute Gasteiger partial charge is 2.00 e. The number of hydrogen-bond donors (Lipinski definition) is 4. The Morgan fingerprint density at radius 1 is 0.361 bits per heavy atom. The van der Waals surface area contributed by atoms with Crippen molar-refractivity contribution in [1.29, 1.82) is 0 Å². The predicted octanol–water partition coefficient (Wildman–Crippen LogP) is -0.418. The molecular weight excluding hydrogens is 533 g/mol. The first-order valence-electron chi connectivity index (χ1n) is 13.7. The van der Waals surface area contributed by atoms with E-state index in [1.165, 1.54) is 52.4 Å². The van der Waals surface area contributed by atoms with Crippen molar-refractivity contribution >= 4 is 79.0 Å². The first-order valence-corrected chi connectivity index (χ1v) is 27.5. The number of quaternary nitrogens is 4. The molecule has 0 spiro atoms. The van der Waals surface area contributed by atoms with Crippen LogP contribution in [0, 0.1) is 0 Å². The van der Waals surface area contributed by atoms with Crippen molar-refractivity contribution in [3.05, 3.63) is 9.30 Å². The first-order chi connectivity index (χ1) is 15.0. The molecule has 0 saturated carbocycles. The van der Waals surface area contributed by atoms with Crippen LogP contribution in [0.4, 0.5) is 0 Å². The maximum Gasteiger partial charge on any atom is 2.00 e. The summed E-state index contributed by atoms with van der Waals surface area (Å²) in [6, 6.07) is 0. The summed E-state index contributed by atoms with van der Waals surface area (Å²) in [5, 5.41) is 0. The molecule has 12 heteroatoms. The summed E-state index contributed by atoms with van der Waals surface area (Å²) < 4.78 is 9.64. The van der Waals surface area contributed by atoms with E-state index in [0.717, 1.165) is 0 Å². The Morgan fingerprint density at radius 3 is 0.528 bits per heavy atom. The fourth-order valence-electron chi connectivity index (χ4n) is 4.22. The minimum absolute atomic E-state index is 0. The second kappa shape index (κ2) is 20.9. The van der Waals surface area contributed by atoms with Gasteiger partial charge in [-0.25, -0.2) is 0 Å². The van der Waals surface area contributed by atoms with E-state index < -0.39 is 32.9 Å². The molecule has 0 aromatic carbocycles. The molecule has 1 aliphatic heterocycles. The van der Waals surface area contributed by atoms with Gasteiger partial charge in [-0.1, -0.05) is 112 Å². The van der Waals surface area contributed by atoms with E-state index in [9.17, 15) is 0 Å². The summed E-state index contributed by atoms with van der Waals surface area (Å²) in [6.45, 7) is 38.1. The van der Waals surface area contributed by atoms with Gasteiger partial charge in [-0.3, -0.25) is 0 Å². The molecule has 1 heterocycles. The maximum absolute atomic E-state index is 4.82. The van der Waals surface area contributed by atoms with Crippen LogP contribution < -0.4 is 19.6 Å². The molecule has 1 aliphatic rings. The molecule has 6 nitrogen and oxygen atoms in total. The third-order valence-corrected chi connectivity index (χ3v) is 16.0. The number of hydrogen-bond acceptors (Lipinski definition) is 0. The summed E-state index contributed by atoms with van der Waals surface area (Å²) in [7, 11) is 4.92. The Balaban J connectivity index is -0.000000102. The van der Waals surface area contributed by atoms with Gasteiger partial charge in [-0.05, 0) is 0 Å². The zero-order valence-corrected chi connectivity index (χ0v) is 34.8. The molecule has 0 bridgehead atoms. The molecule has 0 aliphatic carbocycles. The summed E-state index contributed by atoms with van der Waals surface area (Å²) in [4.78, 5) is 6.78. The van der Waals surface area contributed by atoms with Crippen molar-refractivity contribution in [3.63, 3.8) is 0 Å². The first kappa shape index (κ1) is 45.2. The summed E-state index contributed by atoms with van der Waals surface area (Å²) in [5.41, 5.74) is 0. The topological polar surface area (TPSA) is 46.0 Å². The van der Waals surface area contributed by atoms with Crippen molar-refractivity contribution in [1.82, 2.24) is 0 Å². The zero-order chi connectivity index (χ0) is 27.4. The van der Waals surface area contributed by atoms with Gasteiger partial charge in [-0.15, -0.1) is 0 Å². The smallest absolute Gasteiger partial charge is 1.00 e. The molecule has 212 valence electrons. The van der Waals surface area contributed by atoms with Crippen LogP contribution in [0.5, 0.6) is 0 Å². The molecule has 0 aromatic heterocycles. The van der Waals surface area contributed by atoms with Crippen LogP contribution in [0.3, 0.4) is 0 Å². The van der Waals surface area contributed by atoms with E-state index in [-0.39, 0.29) is 49.0 Å². The van der Waals surface area contributed by atoms with Crippen molar-refractivity contribution in [2.75, 3.05) is 80.5 Å². The second-order valence-corrected chi connectivity index (χ2v) is 33.9. The van der Waals surface area contributed by atoms with Gasteiger partial charge in [0.2, 0.25) is 0 Å². The molecule has 0 aromatic rings. The zero-order valence-electron chi connectivity index (χ0n) is 30.0. The van der Waals surface area contributed by atoms with Gasteiger partial charge in [0.25, 0.3) is 0 Å². The molecular formula is C24H70Mg2N6Si4+4. The predicted molar refractivity (Wildman–Crippen MR) is 180 cm³/mol. The normalized spacial score (nSPS) is 24.7. The van der Waals surface area contributed by atoms with Crippen LogP contribution in [-0.4, -0.2) is 160 Å². The van der Waals surface area contributed by atoms with Crippen LogP contribution in [0.1, 0.15) is 2.85 Å². The van der Waals surface area contributed by atoms with Gasteiger partial charge < -0.3 is 31.7 Å². The van der Waals surface area contributed by atoms with Gasteiger partial charge in [0, 0.05) is 0 Å². The average molecular weight is 604 g/mol. The maximum atomic E-state index is 4.82. The third kappa shape index (κ3) is 38.3. The Bertz CT molecular complexity index is 426. The van der Waals surface area contributed by atoms with Crippen LogP contribution in [0.25, 0.3) is 9.30 Å². The molecule has 36 heavy (non-hydrogen) atoms. The second-order valence-electron chi connectivity index (χ2n) is 14.7. The Morgan fingerprint density at radius 2 is 0.472 bits per heavy atom. The number of nitrogens with one attached hydrogen (secondary N) is 4. The fraction of sp³-hybridized carbons (Fsp3) is 1.00. The van der Waals surface area contributed by atoms with E-state index in [1.54, 1.807) is 19.6 Å².